The van der Waals surface area contributed by atoms with E-state index in [0.29, 0.717) is 5.56 Å². The van der Waals surface area contributed by atoms with Crippen LogP contribution in [0.4, 0.5) is 10.5 Å². The number of carbonyl (C=O) groups is 1. The molecule has 0 aliphatic heterocycles. The summed E-state index contributed by atoms with van der Waals surface area (Å²) in [5.74, 6) is 0. The molecule has 0 aromatic heterocycles. The highest BCUT2D eigenvalue weighted by molar-refractivity contribution is 5.73. The molecule has 0 fully saturated rings. The van der Waals surface area contributed by atoms with Crippen LogP contribution in [0.25, 0.3) is 0 Å². The zero-order chi connectivity index (χ0) is 14.5. The molecule has 3 N–H and O–H groups in total. The van der Waals surface area contributed by atoms with Crippen molar-refractivity contribution in [1.82, 2.24) is 5.32 Å². The summed E-state index contributed by atoms with van der Waals surface area (Å²) in [5, 5.41) is 13.4. The molecule has 0 spiro atoms. The lowest BCUT2D eigenvalue weighted by Gasteiger charge is -2.18. The number of nitro groups is 1. The highest BCUT2D eigenvalue weighted by Crippen LogP contribution is 2.25. The molecule has 0 saturated carbocycles. The molecule has 0 aliphatic carbocycles. The number of primary amides is 1. The number of hydrogen-bond donors (Lipinski definition) is 2. The van der Waals surface area contributed by atoms with Crippen molar-refractivity contribution in [2.24, 2.45) is 5.73 Å². The monoisotopic (exact) mass is 271 g/mol. The zero-order valence-electron chi connectivity index (χ0n) is 10.5. The van der Waals surface area contributed by atoms with Crippen molar-refractivity contribution in [3.05, 3.63) is 75.8 Å². The maximum absolute atomic E-state index is 11.2. The second-order valence-corrected chi connectivity index (χ2v) is 4.20. The second kappa shape index (κ2) is 5.83. The van der Waals surface area contributed by atoms with Gasteiger partial charge in [0.1, 0.15) is 0 Å². The number of nitrogens with zero attached hydrogens (tertiary/aromatic N) is 1. The topological polar surface area (TPSA) is 98.3 Å². The van der Waals surface area contributed by atoms with Crippen molar-refractivity contribution >= 4 is 11.7 Å². The first-order valence-electron chi connectivity index (χ1n) is 5.93. The van der Waals surface area contributed by atoms with Crippen LogP contribution in [-0.4, -0.2) is 11.0 Å². The van der Waals surface area contributed by atoms with Crippen LogP contribution in [-0.2, 0) is 0 Å². The van der Waals surface area contributed by atoms with Crippen molar-refractivity contribution in [3.63, 3.8) is 0 Å². The van der Waals surface area contributed by atoms with Crippen LogP contribution in [0.2, 0.25) is 0 Å². The fraction of sp³-hybridized carbons (Fsp3) is 0.0714. The molecule has 2 rings (SSSR count). The fourth-order valence-electron chi connectivity index (χ4n) is 1.96. The van der Waals surface area contributed by atoms with E-state index in [-0.39, 0.29) is 5.69 Å². The molecule has 0 aliphatic rings. The van der Waals surface area contributed by atoms with Crippen molar-refractivity contribution in [2.75, 3.05) is 0 Å². The van der Waals surface area contributed by atoms with Crippen LogP contribution in [0.5, 0.6) is 0 Å². The number of nitrogens with two attached hydrogens (primary N) is 1. The lowest BCUT2D eigenvalue weighted by atomic mass is 9.98. The summed E-state index contributed by atoms with van der Waals surface area (Å²) >= 11 is 0. The highest BCUT2D eigenvalue weighted by atomic mass is 16.6. The van der Waals surface area contributed by atoms with Crippen LogP contribution in [0, 0.1) is 10.1 Å². The summed E-state index contributed by atoms with van der Waals surface area (Å²) in [6.45, 7) is 0. The van der Waals surface area contributed by atoms with Gasteiger partial charge in [-0.1, -0.05) is 42.5 Å². The summed E-state index contributed by atoms with van der Waals surface area (Å²) in [7, 11) is 0. The van der Waals surface area contributed by atoms with Gasteiger partial charge in [0.2, 0.25) is 0 Å². The van der Waals surface area contributed by atoms with E-state index in [0.717, 1.165) is 5.56 Å². The summed E-state index contributed by atoms with van der Waals surface area (Å²) in [6.07, 6.45) is 0. The maximum atomic E-state index is 11.2. The molecule has 20 heavy (non-hydrogen) atoms. The van der Waals surface area contributed by atoms with Crippen molar-refractivity contribution in [3.8, 4) is 0 Å². The van der Waals surface area contributed by atoms with E-state index in [2.05, 4.69) is 5.32 Å². The first-order chi connectivity index (χ1) is 9.58. The molecule has 0 unspecified atom stereocenters. The van der Waals surface area contributed by atoms with E-state index in [1.165, 1.54) is 12.1 Å². The first kappa shape index (κ1) is 13.5. The molecule has 6 nitrogen and oxygen atoms in total. The van der Waals surface area contributed by atoms with Crippen molar-refractivity contribution < 1.29 is 9.72 Å². The van der Waals surface area contributed by atoms with E-state index < -0.39 is 17.0 Å². The first-order valence-corrected chi connectivity index (χ1v) is 5.93. The van der Waals surface area contributed by atoms with Crippen LogP contribution >= 0.6 is 0 Å². The minimum atomic E-state index is -0.689. The number of rotatable bonds is 4. The van der Waals surface area contributed by atoms with E-state index in [4.69, 9.17) is 5.73 Å². The van der Waals surface area contributed by atoms with Crippen LogP contribution in [0.15, 0.2) is 54.6 Å². The average Bonchev–Trinajstić information content (AvgIpc) is 2.45. The van der Waals surface area contributed by atoms with E-state index in [1.807, 2.05) is 30.3 Å². The molecule has 6 heteroatoms. The van der Waals surface area contributed by atoms with Crippen LogP contribution in [0.1, 0.15) is 17.2 Å². The van der Waals surface area contributed by atoms with Gasteiger partial charge >= 0.3 is 6.03 Å². The second-order valence-electron chi connectivity index (χ2n) is 4.20. The van der Waals surface area contributed by atoms with E-state index in [9.17, 15) is 14.9 Å². The Kier molecular flexibility index (Phi) is 3.95. The Bertz CT molecular complexity index is 629. The lowest BCUT2D eigenvalue weighted by molar-refractivity contribution is -0.384. The average molecular weight is 271 g/mol. The molecule has 0 saturated heterocycles. The minimum Gasteiger partial charge on any atom is -0.352 e. The highest BCUT2D eigenvalue weighted by Gasteiger charge is 2.17. The van der Waals surface area contributed by atoms with Gasteiger partial charge in [-0.3, -0.25) is 10.1 Å². The number of hydrogen-bond acceptors (Lipinski definition) is 3. The van der Waals surface area contributed by atoms with Gasteiger partial charge in [0, 0.05) is 12.1 Å². The number of urea groups is 1. The molecule has 0 heterocycles. The van der Waals surface area contributed by atoms with Gasteiger partial charge in [0.15, 0.2) is 0 Å². The zero-order valence-corrected chi connectivity index (χ0v) is 10.5. The van der Waals surface area contributed by atoms with Gasteiger partial charge < -0.3 is 11.1 Å². The quantitative estimate of drug-likeness (QED) is 0.659. The van der Waals surface area contributed by atoms with Gasteiger partial charge in [0.05, 0.1) is 11.0 Å². The molecule has 2 amide bonds. The summed E-state index contributed by atoms with van der Waals surface area (Å²) < 4.78 is 0. The minimum absolute atomic E-state index is 0.0327. The standard InChI is InChI=1S/C14H13N3O3/c15-14(18)16-13(10-5-2-1-3-6-10)11-7-4-8-12(9-11)17(19)20/h1-9,13H,(H3,15,16,18)/t13-/m1/s1. The van der Waals surface area contributed by atoms with Crippen molar-refractivity contribution in [2.45, 2.75) is 6.04 Å². The van der Waals surface area contributed by atoms with E-state index >= 15 is 0 Å². The number of amides is 2. The summed E-state index contributed by atoms with van der Waals surface area (Å²) in [4.78, 5) is 21.5. The molecular formula is C14H13N3O3. The smallest absolute Gasteiger partial charge is 0.312 e. The lowest BCUT2D eigenvalue weighted by Crippen LogP contribution is -2.33. The number of nitrogens with one attached hydrogen (secondary N) is 1. The molecule has 1 atom stereocenters. The largest absolute Gasteiger partial charge is 0.352 e. The molecule has 0 bridgehead atoms. The third-order valence-electron chi connectivity index (χ3n) is 2.83. The Morgan fingerprint density at radius 2 is 1.75 bits per heavy atom. The molecular weight excluding hydrogens is 258 g/mol. The number of benzene rings is 2. The Labute approximate surface area is 115 Å². The molecule has 102 valence electrons. The van der Waals surface area contributed by atoms with Gasteiger partial charge in [-0.25, -0.2) is 4.79 Å². The van der Waals surface area contributed by atoms with Gasteiger partial charge in [-0.2, -0.15) is 0 Å². The summed E-state index contributed by atoms with van der Waals surface area (Å²) in [5.41, 5.74) is 6.55. The maximum Gasteiger partial charge on any atom is 0.312 e. The Balaban J connectivity index is 2.44. The normalized spacial score (nSPS) is 11.6. The Hall–Kier alpha value is -2.89. The van der Waals surface area contributed by atoms with Crippen LogP contribution in [0.3, 0.4) is 0 Å². The summed E-state index contributed by atoms with van der Waals surface area (Å²) in [6, 6.07) is 14.0. The number of carbonyl (C=O) groups excluding carboxylic acids is 1. The van der Waals surface area contributed by atoms with Gasteiger partial charge in [-0.15, -0.1) is 0 Å². The number of nitro benzene ring substituents is 1. The van der Waals surface area contributed by atoms with Crippen molar-refractivity contribution in [1.29, 1.82) is 0 Å². The molecule has 0 radical (unpaired) electrons. The molecule has 2 aromatic carbocycles. The number of non-ortho nitro benzene ring substituents is 1. The fourth-order valence-corrected chi connectivity index (χ4v) is 1.96. The third-order valence-corrected chi connectivity index (χ3v) is 2.83. The van der Waals surface area contributed by atoms with Crippen LogP contribution < -0.4 is 11.1 Å². The molecule has 2 aromatic rings. The third kappa shape index (κ3) is 3.11. The van der Waals surface area contributed by atoms with Gasteiger partial charge in [-0.05, 0) is 11.1 Å². The van der Waals surface area contributed by atoms with Gasteiger partial charge in [0.25, 0.3) is 5.69 Å². The Morgan fingerprint density at radius 3 is 2.35 bits per heavy atom. The predicted octanol–water partition coefficient (Wildman–Crippen LogP) is 2.35. The van der Waals surface area contributed by atoms with E-state index in [1.54, 1.807) is 12.1 Å². The predicted molar refractivity (Wildman–Crippen MR) is 74.1 cm³/mol. The Morgan fingerprint density at radius 1 is 1.10 bits per heavy atom. The SMILES string of the molecule is NC(=O)N[C@H](c1ccccc1)c1cccc([N+](=O)[O-])c1.